The molecule has 2 fully saturated rings. The fourth-order valence-corrected chi connectivity index (χ4v) is 3.83. The standard InChI is InChI=1S/C16H17N3O5/c20-14(12-10-2-1-5-17-13(10)18-24-12)19-8-11(15(21)22)16(9-19)3-6-23-7-4-16/h1-2,5,11H,3-4,6-9H2,(H,21,22). The Morgan fingerprint density at radius 2 is 2.12 bits per heavy atom. The molecule has 0 radical (unpaired) electrons. The van der Waals surface area contributed by atoms with Crippen molar-refractivity contribution in [3.8, 4) is 0 Å². The minimum atomic E-state index is -0.865. The number of rotatable bonds is 2. The Balaban J connectivity index is 1.65. The number of amides is 1. The van der Waals surface area contributed by atoms with Crippen LogP contribution in [0.1, 0.15) is 23.4 Å². The molecule has 2 aliphatic rings. The zero-order valence-electron chi connectivity index (χ0n) is 13.0. The highest BCUT2D eigenvalue weighted by Crippen LogP contribution is 2.44. The average molecular weight is 331 g/mol. The van der Waals surface area contributed by atoms with Crippen LogP contribution in [-0.4, -0.2) is 58.3 Å². The van der Waals surface area contributed by atoms with E-state index in [0.717, 1.165) is 0 Å². The van der Waals surface area contributed by atoms with Gasteiger partial charge in [-0.25, -0.2) is 4.98 Å². The number of fused-ring (bicyclic) bond motifs is 1. The summed E-state index contributed by atoms with van der Waals surface area (Å²) in [5.74, 6) is -1.67. The molecule has 0 aliphatic carbocycles. The van der Waals surface area contributed by atoms with E-state index in [-0.39, 0.29) is 18.2 Å². The van der Waals surface area contributed by atoms with Gasteiger partial charge in [-0.15, -0.1) is 0 Å². The maximum absolute atomic E-state index is 12.9. The van der Waals surface area contributed by atoms with E-state index in [0.29, 0.717) is 43.6 Å². The third kappa shape index (κ3) is 2.25. The number of carboxylic acid groups (broad SMARTS) is 1. The summed E-state index contributed by atoms with van der Waals surface area (Å²) >= 11 is 0. The van der Waals surface area contributed by atoms with Crippen molar-refractivity contribution in [2.75, 3.05) is 26.3 Å². The summed E-state index contributed by atoms with van der Waals surface area (Å²) in [6, 6.07) is 3.43. The smallest absolute Gasteiger partial charge is 0.308 e. The number of carbonyl (C=O) groups is 2. The molecule has 1 unspecified atom stereocenters. The van der Waals surface area contributed by atoms with Crippen LogP contribution >= 0.6 is 0 Å². The van der Waals surface area contributed by atoms with Gasteiger partial charge in [0.05, 0.1) is 11.3 Å². The Kier molecular flexibility index (Phi) is 3.49. The normalized spacial score (nSPS) is 23.0. The topological polar surface area (TPSA) is 106 Å². The molecule has 8 heteroatoms. The van der Waals surface area contributed by atoms with Crippen LogP contribution in [0.3, 0.4) is 0 Å². The monoisotopic (exact) mass is 331 g/mol. The number of hydrogen-bond acceptors (Lipinski definition) is 6. The molecule has 8 nitrogen and oxygen atoms in total. The number of aliphatic carboxylic acids is 1. The van der Waals surface area contributed by atoms with E-state index in [1.54, 1.807) is 23.2 Å². The number of likely N-dealkylation sites (tertiary alicyclic amines) is 1. The van der Waals surface area contributed by atoms with Crippen molar-refractivity contribution in [2.45, 2.75) is 12.8 Å². The molecule has 1 spiro atoms. The molecule has 1 N–H and O–H groups in total. The lowest BCUT2D eigenvalue weighted by molar-refractivity contribution is -0.146. The largest absolute Gasteiger partial charge is 0.481 e. The second kappa shape index (κ2) is 5.55. The molecule has 0 saturated carbocycles. The minimum absolute atomic E-state index is 0.117. The molecule has 126 valence electrons. The summed E-state index contributed by atoms with van der Waals surface area (Å²) < 4.78 is 10.6. The first-order valence-electron chi connectivity index (χ1n) is 7.91. The van der Waals surface area contributed by atoms with E-state index < -0.39 is 17.3 Å². The van der Waals surface area contributed by atoms with Crippen molar-refractivity contribution in [2.24, 2.45) is 11.3 Å². The Hall–Kier alpha value is -2.48. The summed E-state index contributed by atoms with van der Waals surface area (Å²) in [6.45, 7) is 1.63. The van der Waals surface area contributed by atoms with Gasteiger partial charge in [0.25, 0.3) is 5.91 Å². The van der Waals surface area contributed by atoms with Gasteiger partial charge in [0, 0.05) is 37.9 Å². The van der Waals surface area contributed by atoms with Gasteiger partial charge in [0.1, 0.15) is 0 Å². The van der Waals surface area contributed by atoms with Crippen LogP contribution in [0.25, 0.3) is 11.0 Å². The molecule has 4 heterocycles. The number of pyridine rings is 1. The van der Waals surface area contributed by atoms with E-state index in [4.69, 9.17) is 9.26 Å². The summed E-state index contributed by atoms with van der Waals surface area (Å²) in [4.78, 5) is 30.2. The van der Waals surface area contributed by atoms with Crippen LogP contribution in [0.4, 0.5) is 0 Å². The lowest BCUT2D eigenvalue weighted by atomic mass is 9.72. The van der Waals surface area contributed by atoms with Gasteiger partial charge in [0.2, 0.25) is 11.4 Å². The van der Waals surface area contributed by atoms with Crippen LogP contribution in [0.15, 0.2) is 22.9 Å². The van der Waals surface area contributed by atoms with Gasteiger partial charge in [0.15, 0.2) is 0 Å². The molecule has 1 amide bonds. The van der Waals surface area contributed by atoms with Crippen molar-refractivity contribution in [1.29, 1.82) is 0 Å². The van der Waals surface area contributed by atoms with E-state index in [9.17, 15) is 14.7 Å². The first-order valence-corrected chi connectivity index (χ1v) is 7.91. The zero-order valence-corrected chi connectivity index (χ0v) is 13.0. The first kappa shape index (κ1) is 15.1. The summed E-state index contributed by atoms with van der Waals surface area (Å²) in [6.07, 6.45) is 2.87. The van der Waals surface area contributed by atoms with Gasteiger partial charge in [-0.1, -0.05) is 5.16 Å². The number of nitrogens with zero attached hydrogens (tertiary/aromatic N) is 3. The molecule has 0 aromatic carbocycles. The van der Waals surface area contributed by atoms with Crippen LogP contribution in [0, 0.1) is 11.3 Å². The van der Waals surface area contributed by atoms with Crippen molar-refractivity contribution >= 4 is 22.9 Å². The molecule has 1 atom stereocenters. The molecular weight excluding hydrogens is 314 g/mol. The highest BCUT2D eigenvalue weighted by molar-refractivity contribution is 6.03. The summed E-state index contributed by atoms with van der Waals surface area (Å²) in [5.41, 5.74) is -0.0519. The lowest BCUT2D eigenvalue weighted by Crippen LogP contribution is -2.40. The summed E-state index contributed by atoms with van der Waals surface area (Å²) in [5, 5.41) is 14.0. The van der Waals surface area contributed by atoms with Crippen molar-refractivity contribution in [1.82, 2.24) is 15.0 Å². The van der Waals surface area contributed by atoms with Crippen molar-refractivity contribution < 1.29 is 24.0 Å². The van der Waals surface area contributed by atoms with Gasteiger partial charge in [-0.05, 0) is 25.0 Å². The predicted octanol–water partition coefficient (Wildman–Crippen LogP) is 1.18. The molecule has 4 rings (SSSR count). The minimum Gasteiger partial charge on any atom is -0.481 e. The fraction of sp³-hybridized carbons (Fsp3) is 0.500. The SMILES string of the molecule is O=C(O)C1CN(C(=O)c2onc3ncccc23)CC12CCOCC2. The van der Waals surface area contributed by atoms with Gasteiger partial charge in [-0.3, -0.25) is 9.59 Å². The Morgan fingerprint density at radius 3 is 2.88 bits per heavy atom. The maximum atomic E-state index is 12.9. The van der Waals surface area contributed by atoms with E-state index in [2.05, 4.69) is 10.1 Å². The number of carboxylic acids is 1. The zero-order chi connectivity index (χ0) is 16.7. The van der Waals surface area contributed by atoms with Crippen LogP contribution < -0.4 is 0 Å². The second-order valence-corrected chi connectivity index (χ2v) is 6.44. The highest BCUT2D eigenvalue weighted by Gasteiger charge is 2.52. The van der Waals surface area contributed by atoms with Crippen molar-refractivity contribution in [3.63, 3.8) is 0 Å². The third-order valence-electron chi connectivity index (χ3n) is 5.17. The van der Waals surface area contributed by atoms with Crippen LogP contribution in [0.5, 0.6) is 0 Å². The highest BCUT2D eigenvalue weighted by atomic mass is 16.5. The maximum Gasteiger partial charge on any atom is 0.308 e. The number of aromatic nitrogens is 2. The molecule has 2 saturated heterocycles. The molecular formula is C16H17N3O5. The van der Waals surface area contributed by atoms with E-state index >= 15 is 0 Å². The van der Waals surface area contributed by atoms with E-state index in [1.165, 1.54) is 0 Å². The molecule has 2 aromatic rings. The molecule has 2 aliphatic heterocycles. The van der Waals surface area contributed by atoms with Crippen LogP contribution in [0.2, 0.25) is 0 Å². The molecule has 0 bridgehead atoms. The fourth-order valence-electron chi connectivity index (χ4n) is 3.83. The average Bonchev–Trinajstić information content (AvgIpc) is 3.17. The number of carbonyl (C=O) groups excluding carboxylic acids is 1. The first-order chi connectivity index (χ1) is 11.6. The Bertz CT molecular complexity index is 796. The van der Waals surface area contributed by atoms with Gasteiger partial charge in [-0.2, -0.15) is 0 Å². The lowest BCUT2D eigenvalue weighted by Gasteiger charge is -2.35. The van der Waals surface area contributed by atoms with Gasteiger partial charge >= 0.3 is 5.97 Å². The molecule has 2 aromatic heterocycles. The predicted molar refractivity (Wildman–Crippen MR) is 81.3 cm³/mol. The van der Waals surface area contributed by atoms with Crippen molar-refractivity contribution in [3.05, 3.63) is 24.1 Å². The third-order valence-corrected chi connectivity index (χ3v) is 5.17. The second-order valence-electron chi connectivity index (χ2n) is 6.44. The number of hydrogen-bond donors (Lipinski definition) is 1. The quantitative estimate of drug-likeness (QED) is 0.880. The Morgan fingerprint density at radius 1 is 1.33 bits per heavy atom. The van der Waals surface area contributed by atoms with Gasteiger partial charge < -0.3 is 19.3 Å². The van der Waals surface area contributed by atoms with E-state index in [1.807, 2.05) is 0 Å². The van der Waals surface area contributed by atoms with Crippen LogP contribution in [-0.2, 0) is 9.53 Å². The number of ether oxygens (including phenoxy) is 1. The Labute approximate surface area is 137 Å². The summed E-state index contributed by atoms with van der Waals surface area (Å²) in [7, 11) is 0. The molecule has 24 heavy (non-hydrogen) atoms.